The minimum atomic E-state index is -4.56. The van der Waals surface area contributed by atoms with Crippen molar-refractivity contribution in [3.63, 3.8) is 0 Å². The Hall–Kier alpha value is -1.99. The van der Waals surface area contributed by atoms with Crippen LogP contribution in [0.5, 0.6) is 0 Å². The first-order valence-electron chi connectivity index (χ1n) is 12.1. The predicted molar refractivity (Wildman–Crippen MR) is 166 cm³/mol. The summed E-state index contributed by atoms with van der Waals surface area (Å²) in [7, 11) is -12.1. The standard InChI is InChI=1S/C13H20NO7S2.C12H18NO4S.2CH4/c1-13(2,3)14(15)8-11-6-5-10(9-22(16,17)18)7-12(11)23(19,20)21-4;1-9-5-6-10(8-13(14)12(2,3)4)11(7-9)18(15,16)17;;/h5-7H,8-9H2,1-4H3,(H,16,17,18);5-7H,8H2,1-4H3,(H,15,16,17);2*1H4/q2*-1;;/p-1. The minimum absolute atomic E-state index is 0. The molecule has 0 radical (unpaired) electrons. The van der Waals surface area contributed by atoms with Gasteiger partial charge in [0.2, 0.25) is 0 Å². The number of hydroxylamine groups is 4. The normalized spacial score (nSPS) is 12.7. The lowest BCUT2D eigenvalue weighted by Crippen LogP contribution is -2.36. The van der Waals surface area contributed by atoms with Gasteiger partial charge in [0.05, 0.1) is 16.9 Å². The maximum Gasteiger partial charge on any atom is 0.297 e. The van der Waals surface area contributed by atoms with Crippen molar-refractivity contribution < 1.29 is 38.5 Å². The van der Waals surface area contributed by atoms with E-state index in [1.807, 2.05) is 0 Å². The topological polar surface area (TPSA) is 208 Å². The zero-order valence-electron chi connectivity index (χ0n) is 24.2. The molecule has 13 nitrogen and oxygen atoms in total. The number of aryl methyl sites for hydroxylation is 1. The number of rotatable bonds is 9. The monoisotopic (exact) mass is 669 g/mol. The SMILES string of the molecule is C.C.COS(=O)(=O)c1cc(CS(=O)(=O)O)ccc1CN([O-])C(C)(C)C.Cc1ccc(CN([O-])C(C)(C)C)c(S(=O)(=O)[O-])c1. The summed E-state index contributed by atoms with van der Waals surface area (Å²) in [5, 5.41) is 25.3. The highest BCUT2D eigenvalue weighted by Crippen LogP contribution is 2.25. The molecule has 0 saturated carbocycles. The summed E-state index contributed by atoms with van der Waals surface area (Å²) in [6.45, 7) is 11.6. The fourth-order valence-electron chi connectivity index (χ4n) is 3.16. The van der Waals surface area contributed by atoms with Crippen LogP contribution in [0.3, 0.4) is 0 Å². The Morgan fingerprint density at radius 2 is 1.19 bits per heavy atom. The van der Waals surface area contributed by atoms with E-state index in [0.29, 0.717) is 10.6 Å². The van der Waals surface area contributed by atoms with Crippen molar-refractivity contribution in [3.05, 3.63) is 69.1 Å². The lowest BCUT2D eigenvalue weighted by Gasteiger charge is -2.41. The molecule has 1 N–H and O–H groups in total. The third kappa shape index (κ3) is 14.1. The van der Waals surface area contributed by atoms with Crippen LogP contribution in [-0.4, -0.2) is 62.7 Å². The van der Waals surface area contributed by atoms with Crippen LogP contribution in [0.25, 0.3) is 0 Å². The lowest BCUT2D eigenvalue weighted by atomic mass is 10.1. The zero-order chi connectivity index (χ0) is 32.2. The molecule has 0 aliphatic heterocycles. The highest BCUT2D eigenvalue weighted by atomic mass is 32.2. The van der Waals surface area contributed by atoms with Crippen LogP contribution in [0, 0.1) is 17.3 Å². The second kappa shape index (κ2) is 15.8. The summed E-state index contributed by atoms with van der Waals surface area (Å²) in [5.74, 6) is -0.736. The van der Waals surface area contributed by atoms with E-state index >= 15 is 0 Å². The van der Waals surface area contributed by atoms with Crippen molar-refractivity contribution in [2.45, 2.75) is 103 Å². The number of hydrogen-bond acceptors (Lipinski definition) is 12. The van der Waals surface area contributed by atoms with Gasteiger partial charge in [-0.1, -0.05) is 39.1 Å². The Labute approximate surface area is 257 Å². The van der Waals surface area contributed by atoms with Crippen LogP contribution in [0.1, 0.15) is 78.6 Å². The predicted octanol–water partition coefficient (Wildman–Crippen LogP) is 4.78. The van der Waals surface area contributed by atoms with Crippen molar-refractivity contribution in [2.24, 2.45) is 0 Å². The number of hydrogen-bond donors (Lipinski definition) is 1. The molecular weight excluding hydrogens is 625 g/mol. The van der Waals surface area contributed by atoms with Gasteiger partial charge < -0.3 is 25.1 Å². The van der Waals surface area contributed by atoms with Gasteiger partial charge in [0, 0.05) is 24.2 Å². The summed E-state index contributed by atoms with van der Waals surface area (Å²) < 4.78 is 92.7. The van der Waals surface area contributed by atoms with Crippen LogP contribution < -0.4 is 0 Å². The molecule has 43 heavy (non-hydrogen) atoms. The van der Waals surface area contributed by atoms with E-state index in [2.05, 4.69) is 4.18 Å². The molecule has 0 fully saturated rings. The second-order valence-corrected chi connectivity index (χ2v) is 15.8. The molecule has 0 unspecified atom stereocenters. The van der Waals surface area contributed by atoms with E-state index < -0.39 is 47.2 Å². The lowest BCUT2D eigenvalue weighted by molar-refractivity contribution is 0.197. The molecule has 0 spiro atoms. The summed E-state index contributed by atoms with van der Waals surface area (Å²) in [4.78, 5) is -0.612. The third-order valence-corrected chi connectivity index (χ3v) is 8.56. The van der Waals surface area contributed by atoms with E-state index in [0.717, 1.165) is 18.2 Å². The largest absolute Gasteiger partial charge is 0.785 e. The Morgan fingerprint density at radius 1 is 0.767 bits per heavy atom. The van der Waals surface area contributed by atoms with E-state index in [9.17, 15) is 40.2 Å². The molecule has 0 aromatic heterocycles. The molecule has 2 rings (SSSR count). The van der Waals surface area contributed by atoms with Gasteiger partial charge in [0.25, 0.3) is 20.2 Å². The van der Waals surface area contributed by atoms with Crippen molar-refractivity contribution in [1.29, 1.82) is 0 Å². The maximum atomic E-state index is 12.1. The summed E-state index contributed by atoms with van der Waals surface area (Å²) >= 11 is 0. The van der Waals surface area contributed by atoms with Gasteiger partial charge in [-0.25, -0.2) is 8.42 Å². The highest BCUT2D eigenvalue weighted by Gasteiger charge is 2.22. The van der Waals surface area contributed by atoms with Crippen molar-refractivity contribution in [2.75, 3.05) is 7.11 Å². The van der Waals surface area contributed by atoms with Gasteiger partial charge in [-0.15, -0.1) is 0 Å². The third-order valence-electron chi connectivity index (χ3n) is 5.59. The van der Waals surface area contributed by atoms with Crippen LogP contribution in [-0.2, 0) is 53.4 Å². The first-order chi connectivity index (χ1) is 18.3. The Kier molecular flexibility index (Phi) is 15.9. The molecule has 0 bridgehead atoms. The average Bonchev–Trinajstić information content (AvgIpc) is 2.78. The van der Waals surface area contributed by atoms with Crippen LogP contribution in [0.15, 0.2) is 46.2 Å². The molecule has 0 aliphatic rings. The summed E-state index contributed by atoms with van der Waals surface area (Å²) in [5.41, 5.74) is -0.228. The number of nitrogens with zero attached hydrogens (tertiary/aromatic N) is 2. The van der Waals surface area contributed by atoms with Crippen LogP contribution in [0.4, 0.5) is 0 Å². The molecule has 250 valence electrons. The molecule has 0 atom stereocenters. The van der Waals surface area contributed by atoms with Crippen molar-refractivity contribution in [3.8, 4) is 0 Å². The smallest absolute Gasteiger partial charge is 0.297 e. The molecule has 0 amide bonds. The Bertz CT molecular complexity index is 1530. The Morgan fingerprint density at radius 3 is 1.56 bits per heavy atom. The molecule has 0 aliphatic carbocycles. The molecule has 16 heteroatoms. The van der Waals surface area contributed by atoms with E-state index in [4.69, 9.17) is 4.55 Å². The van der Waals surface area contributed by atoms with Gasteiger partial charge in [0.15, 0.2) is 0 Å². The van der Waals surface area contributed by atoms with Gasteiger partial charge in [-0.2, -0.15) is 16.8 Å². The maximum absolute atomic E-state index is 12.1. The zero-order valence-corrected chi connectivity index (χ0v) is 26.7. The van der Waals surface area contributed by atoms with Gasteiger partial charge in [-0.05, 0) is 82.9 Å². The fraction of sp³-hybridized carbons (Fsp3) is 0.556. The summed E-state index contributed by atoms with van der Waals surface area (Å²) in [6, 6.07) is 8.25. The van der Waals surface area contributed by atoms with E-state index in [-0.39, 0.29) is 54.4 Å². The van der Waals surface area contributed by atoms with Crippen LogP contribution in [0.2, 0.25) is 0 Å². The van der Waals surface area contributed by atoms with Gasteiger partial charge in [0.1, 0.15) is 15.9 Å². The van der Waals surface area contributed by atoms with Crippen molar-refractivity contribution in [1.82, 2.24) is 10.1 Å². The second-order valence-electron chi connectivity index (χ2n) is 11.3. The van der Waals surface area contributed by atoms with Crippen LogP contribution >= 0.6 is 0 Å². The Balaban J connectivity index is 0. The molecule has 0 saturated heterocycles. The first kappa shape index (κ1) is 43.1. The van der Waals surface area contributed by atoms with Gasteiger partial charge >= 0.3 is 0 Å². The highest BCUT2D eigenvalue weighted by molar-refractivity contribution is 7.87. The van der Waals surface area contributed by atoms with Crippen molar-refractivity contribution >= 4 is 30.4 Å². The molecule has 2 aromatic carbocycles. The average molecular weight is 670 g/mol. The van der Waals surface area contributed by atoms with E-state index in [1.165, 1.54) is 24.3 Å². The fourth-order valence-corrected chi connectivity index (χ4v) is 5.48. The van der Waals surface area contributed by atoms with Gasteiger partial charge in [-0.3, -0.25) is 8.74 Å². The number of benzene rings is 2. The molecular formula is C27H45N2O11S3-3. The van der Waals surface area contributed by atoms with E-state index in [1.54, 1.807) is 54.5 Å². The minimum Gasteiger partial charge on any atom is -0.785 e. The summed E-state index contributed by atoms with van der Waals surface area (Å²) in [6.07, 6.45) is 0. The first-order valence-corrected chi connectivity index (χ1v) is 16.5. The quantitative estimate of drug-likeness (QED) is 0.217. The molecule has 0 heterocycles. The molecule has 2 aromatic rings.